The molecule has 1 aliphatic heterocycles. The number of aromatic nitrogens is 2. The molecule has 0 N–H and O–H groups in total. The molecule has 0 radical (unpaired) electrons. The van der Waals surface area contributed by atoms with E-state index in [1.165, 1.54) is 4.57 Å². The minimum absolute atomic E-state index is 0.0957. The Hall–Kier alpha value is -3.41. The number of aryl methyl sites for hydroxylation is 1. The van der Waals surface area contributed by atoms with Gasteiger partial charge in [0, 0.05) is 7.05 Å². The Balaban J connectivity index is 1.63. The fourth-order valence-electron chi connectivity index (χ4n) is 3.19. The van der Waals surface area contributed by atoms with Gasteiger partial charge in [-0.05, 0) is 31.2 Å². The van der Waals surface area contributed by atoms with Gasteiger partial charge in [-0.1, -0.05) is 30.3 Å². The smallest absolute Gasteiger partial charge is 0.258 e. The van der Waals surface area contributed by atoms with Crippen LogP contribution < -0.4 is 10.3 Å². The third-order valence-electron chi connectivity index (χ3n) is 4.76. The van der Waals surface area contributed by atoms with Crippen molar-refractivity contribution >= 4 is 5.91 Å². The number of nitrogens with zero attached hydrogens (tertiary/aromatic N) is 3. The minimum atomic E-state index is -0.181. The summed E-state index contributed by atoms with van der Waals surface area (Å²) in [6.45, 7) is 2.37. The molecule has 0 aliphatic carbocycles. The summed E-state index contributed by atoms with van der Waals surface area (Å²) in [5.74, 6) is 1.61. The van der Waals surface area contributed by atoms with Crippen molar-refractivity contribution in [3.8, 4) is 11.5 Å². The summed E-state index contributed by atoms with van der Waals surface area (Å²) in [6, 6.07) is 16.5. The Morgan fingerprint density at radius 3 is 2.52 bits per heavy atom. The number of rotatable bonds is 3. The normalized spacial score (nSPS) is 12.7. The molecule has 1 aromatic heterocycles. The van der Waals surface area contributed by atoms with Gasteiger partial charge >= 0.3 is 0 Å². The van der Waals surface area contributed by atoms with Gasteiger partial charge in [-0.15, -0.1) is 0 Å². The fourth-order valence-corrected chi connectivity index (χ4v) is 3.19. The molecule has 2 aromatic carbocycles. The quantitative estimate of drug-likeness (QED) is 0.719. The van der Waals surface area contributed by atoms with Gasteiger partial charge in [-0.3, -0.25) is 14.2 Å². The van der Waals surface area contributed by atoms with Crippen molar-refractivity contribution in [1.29, 1.82) is 0 Å². The van der Waals surface area contributed by atoms with Gasteiger partial charge in [0.2, 0.25) is 0 Å². The highest BCUT2D eigenvalue weighted by molar-refractivity contribution is 5.97. The molecule has 0 fully saturated rings. The zero-order chi connectivity index (χ0) is 19.0. The lowest BCUT2D eigenvalue weighted by Crippen LogP contribution is -2.27. The van der Waals surface area contributed by atoms with E-state index in [-0.39, 0.29) is 18.0 Å². The molecule has 0 saturated heterocycles. The van der Waals surface area contributed by atoms with E-state index in [9.17, 15) is 9.59 Å². The molecule has 0 spiro atoms. The lowest BCUT2D eigenvalue weighted by atomic mass is 10.1. The van der Waals surface area contributed by atoms with E-state index in [1.54, 1.807) is 37.1 Å². The number of amides is 1. The molecule has 0 unspecified atom stereocenters. The van der Waals surface area contributed by atoms with Crippen molar-refractivity contribution in [1.82, 2.24) is 14.5 Å². The van der Waals surface area contributed by atoms with Gasteiger partial charge in [-0.2, -0.15) is 0 Å². The predicted octanol–water partition coefficient (Wildman–Crippen LogP) is 3.04. The summed E-state index contributed by atoms with van der Waals surface area (Å²) in [5, 5.41) is 0. The average Bonchev–Trinajstić information content (AvgIpc) is 3.11. The minimum Gasteiger partial charge on any atom is -0.457 e. The number of ether oxygens (including phenoxy) is 1. The molecule has 1 aliphatic rings. The third kappa shape index (κ3) is 3.10. The van der Waals surface area contributed by atoms with Gasteiger partial charge in [0.1, 0.15) is 17.3 Å². The van der Waals surface area contributed by atoms with E-state index in [1.807, 2.05) is 36.4 Å². The third-order valence-corrected chi connectivity index (χ3v) is 4.76. The summed E-state index contributed by atoms with van der Waals surface area (Å²) in [5.41, 5.74) is 1.62. The van der Waals surface area contributed by atoms with E-state index in [4.69, 9.17) is 4.74 Å². The molecule has 0 atom stereocenters. The molecule has 1 amide bonds. The Bertz CT molecular complexity index is 1070. The van der Waals surface area contributed by atoms with Crippen molar-refractivity contribution < 1.29 is 9.53 Å². The maximum atomic E-state index is 13.1. The summed E-state index contributed by atoms with van der Waals surface area (Å²) in [6.07, 6.45) is 0. The van der Waals surface area contributed by atoms with Gasteiger partial charge in [0.25, 0.3) is 11.5 Å². The van der Waals surface area contributed by atoms with Crippen LogP contribution in [-0.4, -0.2) is 20.4 Å². The predicted molar refractivity (Wildman–Crippen MR) is 101 cm³/mol. The number of fused-ring (bicyclic) bond motifs is 1. The second-order valence-corrected chi connectivity index (χ2v) is 6.52. The first-order valence-electron chi connectivity index (χ1n) is 8.71. The average molecular weight is 361 g/mol. The molecule has 2 heterocycles. The lowest BCUT2D eigenvalue weighted by Gasteiger charge is -2.17. The maximum absolute atomic E-state index is 13.1. The van der Waals surface area contributed by atoms with Crippen molar-refractivity contribution in [2.45, 2.75) is 20.0 Å². The van der Waals surface area contributed by atoms with Crippen molar-refractivity contribution in [2.24, 2.45) is 7.05 Å². The number of hydrogen-bond donors (Lipinski definition) is 0. The fraction of sp³-hybridized carbons (Fsp3) is 0.190. The number of para-hydroxylation sites is 2. The van der Waals surface area contributed by atoms with E-state index >= 15 is 0 Å². The Morgan fingerprint density at radius 1 is 1.04 bits per heavy atom. The summed E-state index contributed by atoms with van der Waals surface area (Å²) >= 11 is 0. The van der Waals surface area contributed by atoms with Crippen LogP contribution in [0.1, 0.15) is 27.4 Å². The molecule has 136 valence electrons. The molecule has 3 aromatic rings. The lowest BCUT2D eigenvalue weighted by molar-refractivity contribution is 0.0747. The van der Waals surface area contributed by atoms with Crippen LogP contribution in [0.2, 0.25) is 0 Å². The SMILES string of the molecule is Cc1nc2c(c(=O)n1C)CN(C(=O)c1ccccc1Oc1ccccc1)C2. The van der Waals surface area contributed by atoms with Crippen LogP contribution in [0.4, 0.5) is 0 Å². The Labute approximate surface area is 156 Å². The number of hydrogen-bond acceptors (Lipinski definition) is 4. The Morgan fingerprint density at radius 2 is 1.74 bits per heavy atom. The van der Waals surface area contributed by atoms with E-state index in [0.29, 0.717) is 40.7 Å². The largest absolute Gasteiger partial charge is 0.457 e. The van der Waals surface area contributed by atoms with Gasteiger partial charge < -0.3 is 9.64 Å². The van der Waals surface area contributed by atoms with Crippen LogP contribution in [0, 0.1) is 6.92 Å². The highest BCUT2D eigenvalue weighted by Gasteiger charge is 2.30. The van der Waals surface area contributed by atoms with Gasteiger partial charge in [-0.25, -0.2) is 4.98 Å². The van der Waals surface area contributed by atoms with Crippen LogP contribution in [0.3, 0.4) is 0 Å². The first-order chi connectivity index (χ1) is 13.0. The molecule has 27 heavy (non-hydrogen) atoms. The molecule has 6 nitrogen and oxygen atoms in total. The standard InChI is InChI=1S/C21H19N3O3/c1-14-22-18-13-24(12-17(18)20(25)23(14)2)21(26)16-10-6-7-11-19(16)27-15-8-4-3-5-9-15/h3-11H,12-13H2,1-2H3. The zero-order valence-electron chi connectivity index (χ0n) is 15.2. The number of carbonyl (C=O) groups excluding carboxylic acids is 1. The molecule has 0 saturated carbocycles. The number of carbonyl (C=O) groups is 1. The summed E-state index contributed by atoms with van der Waals surface area (Å²) in [7, 11) is 1.69. The van der Waals surface area contributed by atoms with Crippen LogP contribution in [0.25, 0.3) is 0 Å². The van der Waals surface area contributed by atoms with Crippen LogP contribution in [-0.2, 0) is 20.1 Å². The van der Waals surface area contributed by atoms with Gasteiger partial charge in [0.05, 0.1) is 29.9 Å². The Kier molecular flexibility index (Phi) is 4.24. The van der Waals surface area contributed by atoms with Crippen LogP contribution >= 0.6 is 0 Å². The molecule has 4 rings (SSSR count). The highest BCUT2D eigenvalue weighted by atomic mass is 16.5. The van der Waals surface area contributed by atoms with Crippen molar-refractivity contribution in [3.63, 3.8) is 0 Å². The second-order valence-electron chi connectivity index (χ2n) is 6.52. The van der Waals surface area contributed by atoms with Crippen molar-refractivity contribution in [2.75, 3.05) is 0 Å². The highest BCUT2D eigenvalue weighted by Crippen LogP contribution is 2.28. The zero-order valence-corrected chi connectivity index (χ0v) is 15.2. The van der Waals surface area contributed by atoms with E-state index in [0.717, 1.165) is 0 Å². The molecular weight excluding hydrogens is 342 g/mol. The summed E-state index contributed by atoms with van der Waals surface area (Å²) < 4.78 is 7.41. The van der Waals surface area contributed by atoms with Gasteiger partial charge in [0.15, 0.2) is 0 Å². The number of benzene rings is 2. The molecule has 6 heteroatoms. The van der Waals surface area contributed by atoms with Crippen LogP contribution in [0.5, 0.6) is 11.5 Å². The monoisotopic (exact) mass is 361 g/mol. The summed E-state index contributed by atoms with van der Waals surface area (Å²) in [4.78, 5) is 31.7. The first kappa shape index (κ1) is 17.0. The van der Waals surface area contributed by atoms with E-state index in [2.05, 4.69) is 4.98 Å². The molecule has 0 bridgehead atoms. The van der Waals surface area contributed by atoms with Crippen LogP contribution in [0.15, 0.2) is 59.4 Å². The first-order valence-corrected chi connectivity index (χ1v) is 8.71. The molecular formula is C21H19N3O3. The second kappa shape index (κ2) is 6.72. The topological polar surface area (TPSA) is 64.4 Å². The maximum Gasteiger partial charge on any atom is 0.258 e. The van der Waals surface area contributed by atoms with E-state index < -0.39 is 0 Å². The van der Waals surface area contributed by atoms with Crippen molar-refractivity contribution in [3.05, 3.63) is 87.6 Å².